The van der Waals surface area contributed by atoms with Crippen LogP contribution >= 0.6 is 0 Å². The number of aliphatic hydroxyl groups is 1. The molecule has 0 bridgehead atoms. The number of benzene rings is 1. The minimum atomic E-state index is -0.231. The molecule has 1 aliphatic carbocycles. The Morgan fingerprint density at radius 2 is 2.16 bits per heavy atom. The summed E-state index contributed by atoms with van der Waals surface area (Å²) in [6, 6.07) is 5.23. The fraction of sp³-hybridized carbons (Fsp3) is 0.526. The molecular weight excluding hydrogens is 320 g/mol. The van der Waals surface area contributed by atoms with E-state index in [1.54, 1.807) is 7.11 Å². The van der Waals surface area contributed by atoms with Gasteiger partial charge in [-0.05, 0) is 37.5 Å². The quantitative estimate of drug-likeness (QED) is 0.631. The van der Waals surface area contributed by atoms with Gasteiger partial charge in [0, 0.05) is 18.6 Å². The zero-order valence-electron chi connectivity index (χ0n) is 15.1. The lowest BCUT2D eigenvalue weighted by Gasteiger charge is -2.19. The summed E-state index contributed by atoms with van der Waals surface area (Å²) >= 11 is 0. The normalized spacial score (nSPS) is 20.2. The molecule has 0 unspecified atom stereocenters. The monoisotopic (exact) mass is 348 g/mol. The SMILES string of the molecule is CCCOc1ccc([C@@H](C)NC(=O)N[C@@H]2C=C[C@H](CO)C2)cc1OC. The number of carbonyl (C=O) groups is 1. The molecule has 0 heterocycles. The standard InChI is InChI=1S/C19H28N2O4/c1-4-9-25-17-8-6-15(11-18(17)24-3)13(2)20-19(23)21-16-7-5-14(10-16)12-22/h5-8,11,13-14,16,22H,4,9-10,12H2,1-3H3,(H2,20,21,23)/t13-,14+,16-/m1/s1. The van der Waals surface area contributed by atoms with Crippen molar-refractivity contribution in [3.8, 4) is 11.5 Å². The van der Waals surface area contributed by atoms with E-state index in [1.165, 1.54) is 0 Å². The van der Waals surface area contributed by atoms with Crippen molar-refractivity contribution in [3.05, 3.63) is 35.9 Å². The highest BCUT2D eigenvalue weighted by Crippen LogP contribution is 2.30. The van der Waals surface area contributed by atoms with E-state index < -0.39 is 0 Å². The molecule has 3 atom stereocenters. The van der Waals surface area contributed by atoms with Crippen LogP contribution in [0.5, 0.6) is 11.5 Å². The van der Waals surface area contributed by atoms with E-state index in [-0.39, 0.29) is 30.6 Å². The third-order valence-electron chi connectivity index (χ3n) is 4.22. The van der Waals surface area contributed by atoms with Crippen LogP contribution in [-0.4, -0.2) is 37.5 Å². The van der Waals surface area contributed by atoms with Gasteiger partial charge in [0.25, 0.3) is 0 Å². The average Bonchev–Trinajstić information content (AvgIpc) is 3.07. The molecule has 0 fully saturated rings. The summed E-state index contributed by atoms with van der Waals surface area (Å²) in [4.78, 5) is 12.2. The summed E-state index contributed by atoms with van der Waals surface area (Å²) in [5.74, 6) is 1.49. The maximum absolute atomic E-state index is 12.2. The van der Waals surface area contributed by atoms with E-state index in [4.69, 9.17) is 14.6 Å². The first-order valence-corrected chi connectivity index (χ1v) is 8.74. The van der Waals surface area contributed by atoms with Gasteiger partial charge in [-0.1, -0.05) is 25.1 Å². The second-order valence-electron chi connectivity index (χ2n) is 6.27. The van der Waals surface area contributed by atoms with Gasteiger partial charge in [0.05, 0.1) is 19.8 Å². The van der Waals surface area contributed by atoms with E-state index in [0.717, 1.165) is 18.4 Å². The molecule has 0 radical (unpaired) electrons. The number of hydrogen-bond acceptors (Lipinski definition) is 4. The highest BCUT2D eigenvalue weighted by molar-refractivity contribution is 5.75. The molecule has 0 aromatic heterocycles. The third-order valence-corrected chi connectivity index (χ3v) is 4.22. The number of nitrogens with one attached hydrogen (secondary N) is 2. The number of urea groups is 1. The first-order chi connectivity index (χ1) is 12.1. The second kappa shape index (κ2) is 9.32. The van der Waals surface area contributed by atoms with Crippen LogP contribution in [0.4, 0.5) is 4.79 Å². The summed E-state index contributed by atoms with van der Waals surface area (Å²) in [5, 5.41) is 15.0. The number of methoxy groups -OCH3 is 1. The van der Waals surface area contributed by atoms with Gasteiger partial charge in [0.1, 0.15) is 0 Å². The molecule has 0 saturated heterocycles. The van der Waals surface area contributed by atoms with E-state index >= 15 is 0 Å². The molecule has 1 aromatic carbocycles. The predicted molar refractivity (Wildman–Crippen MR) is 97.0 cm³/mol. The third kappa shape index (κ3) is 5.39. The summed E-state index contributed by atoms with van der Waals surface area (Å²) in [5.41, 5.74) is 0.936. The van der Waals surface area contributed by atoms with Crippen molar-refractivity contribution in [2.24, 2.45) is 5.92 Å². The minimum absolute atomic E-state index is 0.0382. The number of carbonyl (C=O) groups excluding carboxylic acids is 1. The lowest BCUT2D eigenvalue weighted by atomic mass is 10.1. The van der Waals surface area contributed by atoms with Crippen LogP contribution in [0.3, 0.4) is 0 Å². The van der Waals surface area contributed by atoms with Gasteiger partial charge >= 0.3 is 6.03 Å². The van der Waals surface area contributed by atoms with Crippen LogP contribution in [0.15, 0.2) is 30.4 Å². The molecule has 25 heavy (non-hydrogen) atoms. The van der Waals surface area contributed by atoms with Crippen LogP contribution in [0.25, 0.3) is 0 Å². The molecule has 0 saturated carbocycles. The number of amides is 2. The second-order valence-corrected chi connectivity index (χ2v) is 6.27. The van der Waals surface area contributed by atoms with Crippen LogP contribution in [-0.2, 0) is 0 Å². The van der Waals surface area contributed by atoms with Gasteiger partial charge in [-0.2, -0.15) is 0 Å². The van der Waals surface area contributed by atoms with Crippen LogP contribution < -0.4 is 20.1 Å². The van der Waals surface area contributed by atoms with Gasteiger partial charge in [-0.3, -0.25) is 0 Å². The predicted octanol–water partition coefficient (Wildman–Crippen LogP) is 2.78. The molecule has 1 aromatic rings. The lowest BCUT2D eigenvalue weighted by molar-refractivity contribution is 0.229. The Morgan fingerprint density at radius 1 is 1.36 bits per heavy atom. The molecule has 6 heteroatoms. The van der Waals surface area contributed by atoms with Crippen molar-refractivity contribution in [1.29, 1.82) is 0 Å². The average molecular weight is 348 g/mol. The Balaban J connectivity index is 1.92. The van der Waals surface area contributed by atoms with E-state index in [0.29, 0.717) is 18.1 Å². The van der Waals surface area contributed by atoms with Gasteiger partial charge < -0.3 is 25.2 Å². The van der Waals surface area contributed by atoms with E-state index in [9.17, 15) is 4.79 Å². The number of hydrogen-bond donors (Lipinski definition) is 3. The highest BCUT2D eigenvalue weighted by atomic mass is 16.5. The minimum Gasteiger partial charge on any atom is -0.493 e. The summed E-state index contributed by atoms with van der Waals surface area (Å²) in [6.45, 7) is 4.71. The number of rotatable bonds is 8. The number of ether oxygens (including phenoxy) is 2. The Morgan fingerprint density at radius 3 is 2.80 bits per heavy atom. The maximum Gasteiger partial charge on any atom is 0.315 e. The van der Waals surface area contributed by atoms with Crippen molar-refractivity contribution in [2.45, 2.75) is 38.8 Å². The van der Waals surface area contributed by atoms with E-state index in [1.807, 2.05) is 44.2 Å². The van der Waals surface area contributed by atoms with Gasteiger partial charge in [0.15, 0.2) is 11.5 Å². The van der Waals surface area contributed by atoms with Crippen molar-refractivity contribution in [2.75, 3.05) is 20.3 Å². The van der Waals surface area contributed by atoms with Crippen LogP contribution in [0, 0.1) is 5.92 Å². The molecule has 2 amide bonds. The maximum atomic E-state index is 12.2. The zero-order chi connectivity index (χ0) is 18.2. The summed E-state index contributed by atoms with van der Waals surface area (Å²) in [7, 11) is 1.60. The Labute approximate surface area is 149 Å². The first-order valence-electron chi connectivity index (χ1n) is 8.74. The molecule has 6 nitrogen and oxygen atoms in total. The number of aliphatic hydroxyl groups excluding tert-OH is 1. The molecule has 138 valence electrons. The zero-order valence-corrected chi connectivity index (χ0v) is 15.1. The van der Waals surface area contributed by atoms with Gasteiger partial charge in [-0.15, -0.1) is 0 Å². The Kier molecular flexibility index (Phi) is 7.13. The van der Waals surface area contributed by atoms with Crippen molar-refractivity contribution >= 4 is 6.03 Å². The fourth-order valence-corrected chi connectivity index (χ4v) is 2.79. The molecule has 0 spiro atoms. The molecule has 2 rings (SSSR count). The topological polar surface area (TPSA) is 79.8 Å². The van der Waals surface area contributed by atoms with Gasteiger partial charge in [-0.25, -0.2) is 4.79 Å². The van der Waals surface area contributed by atoms with Crippen LogP contribution in [0.1, 0.15) is 38.3 Å². The molecule has 3 N–H and O–H groups in total. The first kappa shape index (κ1) is 19.1. The van der Waals surface area contributed by atoms with Gasteiger partial charge in [0.2, 0.25) is 0 Å². The molecule has 1 aliphatic rings. The Bertz CT molecular complexity index is 603. The summed E-state index contributed by atoms with van der Waals surface area (Å²) in [6.07, 6.45) is 5.52. The fourth-order valence-electron chi connectivity index (χ4n) is 2.79. The molecular formula is C19H28N2O4. The smallest absolute Gasteiger partial charge is 0.315 e. The van der Waals surface area contributed by atoms with Crippen LogP contribution in [0.2, 0.25) is 0 Å². The van der Waals surface area contributed by atoms with Crippen molar-refractivity contribution < 1.29 is 19.4 Å². The summed E-state index contributed by atoms with van der Waals surface area (Å²) < 4.78 is 11.0. The lowest BCUT2D eigenvalue weighted by Crippen LogP contribution is -2.41. The van der Waals surface area contributed by atoms with Crippen molar-refractivity contribution in [1.82, 2.24) is 10.6 Å². The van der Waals surface area contributed by atoms with E-state index in [2.05, 4.69) is 10.6 Å². The molecule has 0 aliphatic heterocycles. The Hall–Kier alpha value is -2.21. The highest BCUT2D eigenvalue weighted by Gasteiger charge is 2.20. The van der Waals surface area contributed by atoms with Crippen molar-refractivity contribution in [3.63, 3.8) is 0 Å². The largest absolute Gasteiger partial charge is 0.493 e.